The van der Waals surface area contributed by atoms with Crippen LogP contribution in [-0.2, 0) is 14.9 Å². The Kier molecular flexibility index (Phi) is 3.47. The lowest BCUT2D eigenvalue weighted by atomic mass is 9.82. The Labute approximate surface area is 136 Å². The number of nitrogens with one attached hydrogen (secondary N) is 1. The summed E-state index contributed by atoms with van der Waals surface area (Å²) < 4.78 is 17.8. The lowest BCUT2D eigenvalue weighted by Crippen LogP contribution is -2.43. The molecule has 3 heterocycles. The van der Waals surface area contributed by atoms with Gasteiger partial charge in [0.15, 0.2) is 0 Å². The number of ether oxygens (including phenoxy) is 2. The molecule has 23 heavy (non-hydrogen) atoms. The van der Waals surface area contributed by atoms with Gasteiger partial charge in [-0.25, -0.2) is 0 Å². The van der Waals surface area contributed by atoms with E-state index in [1.54, 1.807) is 6.26 Å². The molecule has 1 N–H and O–H groups in total. The molecule has 0 unspecified atom stereocenters. The van der Waals surface area contributed by atoms with Crippen molar-refractivity contribution >= 4 is 5.69 Å². The number of hydrogen-bond donors (Lipinski definition) is 1. The molecule has 2 aromatic rings. The molecule has 4 rings (SSSR count). The van der Waals surface area contributed by atoms with Crippen molar-refractivity contribution in [2.45, 2.75) is 44.4 Å². The van der Waals surface area contributed by atoms with Crippen LogP contribution in [0.3, 0.4) is 0 Å². The first-order chi connectivity index (χ1) is 11.0. The molecule has 0 bridgehead atoms. The maximum atomic E-state index is 6.10. The summed E-state index contributed by atoms with van der Waals surface area (Å²) in [6.45, 7) is 7.94. The van der Waals surface area contributed by atoms with E-state index in [-0.39, 0.29) is 23.7 Å². The second kappa shape index (κ2) is 5.39. The van der Waals surface area contributed by atoms with Crippen molar-refractivity contribution in [3.63, 3.8) is 0 Å². The first-order valence-electron chi connectivity index (χ1n) is 8.21. The van der Waals surface area contributed by atoms with Crippen LogP contribution in [0.1, 0.15) is 49.8 Å². The summed E-state index contributed by atoms with van der Waals surface area (Å²) in [7, 11) is 0. The summed E-state index contributed by atoms with van der Waals surface area (Å²) in [5.74, 6) is 0.885. The molecule has 0 radical (unpaired) electrons. The van der Waals surface area contributed by atoms with E-state index in [4.69, 9.17) is 13.9 Å². The molecule has 1 fully saturated rings. The van der Waals surface area contributed by atoms with E-state index in [9.17, 15) is 0 Å². The van der Waals surface area contributed by atoms with Crippen LogP contribution in [-0.4, -0.2) is 19.3 Å². The SMILES string of the molecule is CC(C)(C)c1ccc2c(c1)[C@H]1OCCO[C@H]1[C@H](c1ccco1)N2. The van der Waals surface area contributed by atoms with E-state index in [0.29, 0.717) is 13.2 Å². The lowest BCUT2D eigenvalue weighted by Gasteiger charge is -2.42. The fourth-order valence-electron chi connectivity index (χ4n) is 3.43. The molecule has 4 heteroatoms. The molecular formula is C19H23NO3. The van der Waals surface area contributed by atoms with Gasteiger partial charge in [-0.2, -0.15) is 0 Å². The van der Waals surface area contributed by atoms with E-state index >= 15 is 0 Å². The summed E-state index contributed by atoms with van der Waals surface area (Å²) in [5, 5.41) is 3.58. The largest absolute Gasteiger partial charge is 0.467 e. The number of hydrogen-bond acceptors (Lipinski definition) is 4. The fraction of sp³-hybridized carbons (Fsp3) is 0.474. The monoisotopic (exact) mass is 313 g/mol. The third-order valence-corrected chi connectivity index (χ3v) is 4.70. The summed E-state index contributed by atoms with van der Waals surface area (Å²) in [6.07, 6.45) is 1.57. The lowest BCUT2D eigenvalue weighted by molar-refractivity contribution is -0.152. The van der Waals surface area contributed by atoms with Crippen LogP contribution in [0.5, 0.6) is 0 Å². The molecule has 1 aromatic carbocycles. The van der Waals surface area contributed by atoms with Crippen molar-refractivity contribution in [1.82, 2.24) is 0 Å². The second-order valence-corrected chi connectivity index (χ2v) is 7.32. The molecule has 3 atom stereocenters. The highest BCUT2D eigenvalue weighted by molar-refractivity contribution is 5.59. The molecule has 2 aliphatic rings. The maximum Gasteiger partial charge on any atom is 0.128 e. The molecule has 4 nitrogen and oxygen atoms in total. The van der Waals surface area contributed by atoms with Crippen LogP contribution in [0.4, 0.5) is 5.69 Å². The topological polar surface area (TPSA) is 43.6 Å². The zero-order valence-electron chi connectivity index (χ0n) is 13.8. The number of furan rings is 1. The summed E-state index contributed by atoms with van der Waals surface area (Å²) in [5.41, 5.74) is 3.70. The average Bonchev–Trinajstić information content (AvgIpc) is 3.07. The highest BCUT2D eigenvalue weighted by Crippen LogP contribution is 2.45. The van der Waals surface area contributed by atoms with Crippen LogP contribution in [0, 0.1) is 0 Å². The standard InChI is InChI=1S/C19H23NO3/c1-19(2,3)12-6-7-14-13(11-12)17-18(23-10-9-22-17)16(20-14)15-5-4-8-21-15/h4-8,11,16-18,20H,9-10H2,1-3H3/t16-,17+,18-/m0/s1. The smallest absolute Gasteiger partial charge is 0.128 e. The predicted octanol–water partition coefficient (Wildman–Crippen LogP) is 4.20. The Morgan fingerprint density at radius 2 is 1.91 bits per heavy atom. The molecule has 2 aliphatic heterocycles. The van der Waals surface area contributed by atoms with E-state index in [1.165, 1.54) is 11.1 Å². The van der Waals surface area contributed by atoms with Gasteiger partial charge in [0.2, 0.25) is 0 Å². The minimum atomic E-state index is -0.0716. The van der Waals surface area contributed by atoms with Crippen molar-refractivity contribution in [1.29, 1.82) is 0 Å². The normalized spacial score (nSPS) is 27.0. The van der Waals surface area contributed by atoms with Crippen LogP contribution in [0.2, 0.25) is 0 Å². The van der Waals surface area contributed by atoms with Gasteiger partial charge in [0.25, 0.3) is 0 Å². The first-order valence-corrected chi connectivity index (χ1v) is 8.21. The van der Waals surface area contributed by atoms with Crippen molar-refractivity contribution in [2.24, 2.45) is 0 Å². The molecule has 0 aliphatic carbocycles. The van der Waals surface area contributed by atoms with Gasteiger partial charge in [0, 0.05) is 11.3 Å². The molecule has 0 saturated carbocycles. The zero-order valence-corrected chi connectivity index (χ0v) is 13.8. The van der Waals surface area contributed by atoms with Gasteiger partial charge in [0.1, 0.15) is 24.0 Å². The van der Waals surface area contributed by atoms with E-state index in [0.717, 1.165) is 11.4 Å². The van der Waals surface area contributed by atoms with E-state index in [2.05, 4.69) is 44.3 Å². The van der Waals surface area contributed by atoms with Crippen molar-refractivity contribution in [2.75, 3.05) is 18.5 Å². The van der Waals surface area contributed by atoms with Gasteiger partial charge in [-0.3, -0.25) is 0 Å². The Bertz CT molecular complexity index is 687. The quantitative estimate of drug-likeness (QED) is 0.857. The first kappa shape index (κ1) is 14.8. The molecule has 0 spiro atoms. The van der Waals surface area contributed by atoms with Crippen molar-refractivity contribution in [3.8, 4) is 0 Å². The number of fused-ring (bicyclic) bond motifs is 3. The molecular weight excluding hydrogens is 290 g/mol. The van der Waals surface area contributed by atoms with Crippen LogP contribution >= 0.6 is 0 Å². The molecule has 0 amide bonds. The minimum Gasteiger partial charge on any atom is -0.467 e. The van der Waals surface area contributed by atoms with E-state index < -0.39 is 0 Å². The Morgan fingerprint density at radius 3 is 2.65 bits per heavy atom. The number of anilines is 1. The third kappa shape index (κ3) is 2.56. The highest BCUT2D eigenvalue weighted by atomic mass is 16.6. The summed E-state index contributed by atoms with van der Waals surface area (Å²) in [4.78, 5) is 0. The maximum absolute atomic E-state index is 6.10. The minimum absolute atomic E-state index is 0.0247. The van der Waals surface area contributed by atoms with Gasteiger partial charge in [0.05, 0.1) is 19.5 Å². The van der Waals surface area contributed by atoms with Crippen LogP contribution < -0.4 is 5.32 Å². The number of rotatable bonds is 1. The average molecular weight is 313 g/mol. The van der Waals surface area contributed by atoms with Crippen molar-refractivity contribution < 1.29 is 13.9 Å². The summed E-state index contributed by atoms with van der Waals surface area (Å²) in [6, 6.07) is 10.5. The highest BCUT2D eigenvalue weighted by Gasteiger charge is 2.42. The van der Waals surface area contributed by atoms with Gasteiger partial charge in [-0.05, 0) is 29.2 Å². The van der Waals surface area contributed by atoms with Crippen LogP contribution in [0.15, 0.2) is 41.0 Å². The molecule has 1 aromatic heterocycles. The van der Waals surface area contributed by atoms with Crippen LogP contribution in [0.25, 0.3) is 0 Å². The number of benzene rings is 1. The van der Waals surface area contributed by atoms with Gasteiger partial charge < -0.3 is 19.2 Å². The van der Waals surface area contributed by atoms with Gasteiger partial charge in [-0.15, -0.1) is 0 Å². The summed E-state index contributed by atoms with van der Waals surface area (Å²) >= 11 is 0. The predicted molar refractivity (Wildman–Crippen MR) is 88.6 cm³/mol. The molecule has 122 valence electrons. The Hall–Kier alpha value is -1.78. The van der Waals surface area contributed by atoms with Crippen molar-refractivity contribution in [3.05, 3.63) is 53.5 Å². The second-order valence-electron chi connectivity index (χ2n) is 7.32. The fourth-order valence-corrected chi connectivity index (χ4v) is 3.43. The Balaban J connectivity index is 1.78. The Morgan fingerprint density at radius 1 is 1.09 bits per heavy atom. The molecule has 1 saturated heterocycles. The van der Waals surface area contributed by atoms with E-state index in [1.807, 2.05) is 12.1 Å². The van der Waals surface area contributed by atoms with Gasteiger partial charge >= 0.3 is 0 Å². The zero-order chi connectivity index (χ0) is 16.0. The third-order valence-electron chi connectivity index (χ3n) is 4.70. The van der Waals surface area contributed by atoms with Gasteiger partial charge in [-0.1, -0.05) is 32.9 Å².